The van der Waals surface area contributed by atoms with Gasteiger partial charge in [-0.05, 0) is 45.8 Å². The SMILES string of the molecule is CC.CC.CC.C[CH-]c1nc2ccc(-c3cccc4c(-c5cnc(C(C)C(C)C)[nH]5)cccc34)cc2[nH]1.[CH3-].[CH3-].[Y+3]. The second-order valence-corrected chi connectivity index (χ2v) is 8.56. The largest absolute Gasteiger partial charge is 3.00 e. The first-order chi connectivity index (χ1) is 18.0. The van der Waals surface area contributed by atoms with Gasteiger partial charge in [0.05, 0.1) is 22.9 Å². The van der Waals surface area contributed by atoms with Crippen LogP contribution in [0.2, 0.25) is 0 Å². The van der Waals surface area contributed by atoms with E-state index in [1.807, 2.05) is 61.1 Å². The third-order valence-electron chi connectivity index (χ3n) is 6.32. The fraction of sp³-hybridized carbons (Fsp3) is 0.343. The Morgan fingerprint density at radius 1 is 0.750 bits per heavy atom. The van der Waals surface area contributed by atoms with Crippen LogP contribution in [0.5, 0.6) is 0 Å². The topological polar surface area (TPSA) is 57.4 Å². The van der Waals surface area contributed by atoms with Crippen molar-refractivity contribution in [1.82, 2.24) is 19.9 Å². The molecule has 3 aromatic carbocycles. The monoisotopic (exact) mass is 616 g/mol. The van der Waals surface area contributed by atoms with Crippen molar-refractivity contribution in [1.29, 1.82) is 0 Å². The summed E-state index contributed by atoms with van der Waals surface area (Å²) in [5.74, 6) is 2.89. The number of aromatic amines is 2. The summed E-state index contributed by atoms with van der Waals surface area (Å²) in [6.45, 7) is 20.7. The molecule has 0 spiro atoms. The van der Waals surface area contributed by atoms with E-state index in [2.05, 4.69) is 95.3 Å². The number of benzene rings is 3. The summed E-state index contributed by atoms with van der Waals surface area (Å²) < 4.78 is 0. The second kappa shape index (κ2) is 19.6. The first-order valence-corrected chi connectivity index (χ1v) is 13.9. The standard InChI is InChI=1S/C27H27N4.3C2H6.2CH3.Y/c1-5-26-29-23-13-12-18(14-24(23)30-26)19-8-6-10-21-20(19)9-7-11-22(21)25-15-28-27(31-25)17(4)16(2)3;3*1-2;;;/h5-17H,1-4H3,(H,28,31)(H,29,30);3*1-2H3;2*1H3;/q-1;;;;2*-1;+3. The molecule has 0 saturated carbocycles. The molecule has 0 bridgehead atoms. The zero-order valence-corrected chi connectivity index (χ0v) is 29.8. The number of rotatable bonds is 5. The van der Waals surface area contributed by atoms with E-state index in [1.54, 1.807) is 0 Å². The summed E-state index contributed by atoms with van der Waals surface area (Å²) in [4.78, 5) is 16.2. The Labute approximate surface area is 270 Å². The van der Waals surface area contributed by atoms with Gasteiger partial charge < -0.3 is 31.2 Å². The molecule has 0 aliphatic heterocycles. The number of fused-ring (bicyclic) bond motifs is 2. The molecule has 4 nitrogen and oxygen atoms in total. The molecule has 1 atom stereocenters. The van der Waals surface area contributed by atoms with Crippen molar-refractivity contribution in [2.24, 2.45) is 5.92 Å². The average Bonchev–Trinajstić information content (AvgIpc) is 3.62. The molecular formula is C35H51N4Y. The molecule has 5 aromatic rings. The summed E-state index contributed by atoms with van der Waals surface area (Å²) in [5.41, 5.74) is 6.69. The molecule has 2 aromatic heterocycles. The van der Waals surface area contributed by atoms with E-state index in [0.717, 1.165) is 28.4 Å². The van der Waals surface area contributed by atoms with Crippen molar-refractivity contribution >= 4 is 21.8 Å². The van der Waals surface area contributed by atoms with Crippen molar-refractivity contribution in [2.45, 2.75) is 75.2 Å². The molecule has 0 aliphatic carbocycles. The fourth-order valence-corrected chi connectivity index (χ4v) is 4.15. The molecule has 2 N–H and O–H groups in total. The van der Waals surface area contributed by atoms with Gasteiger partial charge in [0.15, 0.2) is 0 Å². The Morgan fingerprint density at radius 2 is 1.32 bits per heavy atom. The first-order valence-electron chi connectivity index (χ1n) is 13.9. The van der Waals surface area contributed by atoms with Crippen LogP contribution in [0.15, 0.2) is 60.8 Å². The molecule has 5 rings (SSSR count). The van der Waals surface area contributed by atoms with Gasteiger partial charge in [-0.2, -0.15) is 6.92 Å². The third kappa shape index (κ3) is 8.78. The summed E-state index contributed by atoms with van der Waals surface area (Å²) in [6, 6.07) is 19.5. The van der Waals surface area contributed by atoms with Crippen LogP contribution < -0.4 is 0 Å². The molecule has 0 amide bonds. The van der Waals surface area contributed by atoms with Crippen LogP contribution in [0.25, 0.3) is 44.2 Å². The van der Waals surface area contributed by atoms with Gasteiger partial charge in [-0.3, -0.25) is 4.98 Å². The minimum atomic E-state index is 0. The van der Waals surface area contributed by atoms with Crippen LogP contribution in [-0.4, -0.2) is 19.9 Å². The minimum absolute atomic E-state index is 0. The zero-order chi connectivity index (χ0) is 27.5. The van der Waals surface area contributed by atoms with Crippen molar-refractivity contribution < 1.29 is 32.7 Å². The van der Waals surface area contributed by atoms with Crippen molar-refractivity contribution in [2.75, 3.05) is 0 Å². The Hall–Kier alpha value is -2.43. The summed E-state index contributed by atoms with van der Waals surface area (Å²) >= 11 is 0. The van der Waals surface area contributed by atoms with Crippen molar-refractivity contribution in [3.05, 3.63) is 93.7 Å². The Kier molecular flexibility index (Phi) is 19.5. The van der Waals surface area contributed by atoms with E-state index in [9.17, 15) is 0 Å². The van der Waals surface area contributed by atoms with E-state index < -0.39 is 0 Å². The smallest absolute Gasteiger partial charge is 0.368 e. The number of imidazole rings is 2. The Morgan fingerprint density at radius 3 is 1.90 bits per heavy atom. The van der Waals surface area contributed by atoms with Crippen LogP contribution in [-0.2, 0) is 32.7 Å². The molecule has 1 unspecified atom stereocenters. The van der Waals surface area contributed by atoms with Crippen LogP contribution in [0.3, 0.4) is 0 Å². The summed E-state index contributed by atoms with van der Waals surface area (Å²) in [7, 11) is 0. The molecule has 5 heteroatoms. The average molecular weight is 617 g/mol. The van der Waals surface area contributed by atoms with Crippen LogP contribution >= 0.6 is 0 Å². The Balaban J connectivity index is 0. The molecule has 0 saturated heterocycles. The Bertz CT molecular complexity index is 1380. The van der Waals surface area contributed by atoms with Gasteiger partial charge in [-0.25, -0.2) is 4.98 Å². The predicted octanol–water partition coefficient (Wildman–Crippen LogP) is 11.1. The van der Waals surface area contributed by atoms with Crippen LogP contribution in [0, 0.1) is 27.2 Å². The summed E-state index contributed by atoms with van der Waals surface area (Å²) in [6.07, 6.45) is 3.96. The van der Waals surface area contributed by atoms with Gasteiger partial charge in [0.1, 0.15) is 5.82 Å². The zero-order valence-electron chi connectivity index (χ0n) is 27.0. The maximum absolute atomic E-state index is 4.68. The third-order valence-corrected chi connectivity index (χ3v) is 6.32. The second-order valence-electron chi connectivity index (χ2n) is 8.56. The van der Waals surface area contributed by atoms with Gasteiger partial charge in [0.25, 0.3) is 0 Å². The van der Waals surface area contributed by atoms with E-state index in [0.29, 0.717) is 11.8 Å². The first kappa shape index (κ1) is 39.7. The normalized spacial score (nSPS) is 10.3. The van der Waals surface area contributed by atoms with E-state index in [1.165, 1.54) is 27.5 Å². The minimum Gasteiger partial charge on any atom is -0.368 e. The maximum Gasteiger partial charge on any atom is 3.00 e. The van der Waals surface area contributed by atoms with Crippen molar-refractivity contribution in [3.63, 3.8) is 0 Å². The van der Waals surface area contributed by atoms with Crippen LogP contribution in [0.1, 0.15) is 86.8 Å². The molecule has 0 fully saturated rings. The van der Waals surface area contributed by atoms with Crippen LogP contribution in [0.4, 0.5) is 0 Å². The van der Waals surface area contributed by atoms with Crippen molar-refractivity contribution in [3.8, 4) is 22.4 Å². The molecular weight excluding hydrogens is 565 g/mol. The number of H-pyrrole nitrogens is 2. The number of hydrogen-bond acceptors (Lipinski definition) is 2. The summed E-state index contributed by atoms with van der Waals surface area (Å²) in [5, 5.41) is 2.45. The fourth-order valence-electron chi connectivity index (χ4n) is 4.15. The molecule has 0 aliphatic rings. The van der Waals surface area contributed by atoms with Gasteiger partial charge in [-0.1, -0.05) is 105 Å². The van der Waals surface area contributed by atoms with Gasteiger partial charge in [-0.15, -0.1) is 0 Å². The van der Waals surface area contributed by atoms with Gasteiger partial charge in [0, 0.05) is 11.5 Å². The van der Waals surface area contributed by atoms with E-state index in [4.69, 9.17) is 0 Å². The predicted molar refractivity (Wildman–Crippen MR) is 176 cm³/mol. The maximum atomic E-state index is 4.68. The van der Waals surface area contributed by atoms with E-state index >= 15 is 0 Å². The molecule has 0 radical (unpaired) electrons. The van der Waals surface area contributed by atoms with Gasteiger partial charge >= 0.3 is 32.7 Å². The molecule has 2 heterocycles. The number of hydrogen-bond donors (Lipinski definition) is 2. The molecule has 40 heavy (non-hydrogen) atoms. The number of aromatic nitrogens is 4. The van der Waals surface area contributed by atoms with Gasteiger partial charge in [0.2, 0.25) is 0 Å². The van der Waals surface area contributed by atoms with E-state index in [-0.39, 0.29) is 47.6 Å². The number of nitrogens with zero attached hydrogens (tertiary/aromatic N) is 2. The quantitative estimate of drug-likeness (QED) is 0.193. The molecule has 214 valence electrons. The number of nitrogens with one attached hydrogen (secondary N) is 2.